The summed E-state index contributed by atoms with van der Waals surface area (Å²) in [6.45, 7) is 0. The van der Waals surface area contributed by atoms with Crippen LogP contribution in [0, 0.1) is 0 Å². The van der Waals surface area contributed by atoms with Crippen LogP contribution in [-0.4, -0.2) is 49.1 Å². The summed E-state index contributed by atoms with van der Waals surface area (Å²) in [5.74, 6) is -0.654. The van der Waals surface area contributed by atoms with Gasteiger partial charge in [0.15, 0.2) is 21.3 Å². The second-order valence-electron chi connectivity index (χ2n) is 4.58. The third-order valence-electron chi connectivity index (χ3n) is 3.21. The van der Waals surface area contributed by atoms with Crippen LogP contribution in [0.25, 0.3) is 0 Å². The molecule has 104 valence electrons. The molecule has 0 spiro atoms. The van der Waals surface area contributed by atoms with Gasteiger partial charge in [0.2, 0.25) is 0 Å². The predicted molar refractivity (Wildman–Crippen MR) is 71.1 cm³/mol. The van der Waals surface area contributed by atoms with Gasteiger partial charge in [0.25, 0.3) is 0 Å². The van der Waals surface area contributed by atoms with Gasteiger partial charge in [-0.1, -0.05) is 0 Å². The van der Waals surface area contributed by atoms with Gasteiger partial charge in [0, 0.05) is 13.1 Å². The fraction of sp³-hybridized carbons (Fsp3) is 0.455. The van der Waals surface area contributed by atoms with Crippen LogP contribution < -0.4 is 10.6 Å². The molecule has 1 aromatic heterocycles. The van der Waals surface area contributed by atoms with Crippen LogP contribution in [0.1, 0.15) is 16.9 Å². The Balaban J connectivity index is 2.31. The molecule has 19 heavy (non-hydrogen) atoms. The summed E-state index contributed by atoms with van der Waals surface area (Å²) in [5.41, 5.74) is 6.00. The molecule has 3 N–H and O–H groups in total. The number of pyridine rings is 1. The molecule has 1 aliphatic rings. The van der Waals surface area contributed by atoms with Crippen LogP contribution in [0.15, 0.2) is 12.1 Å². The molecule has 1 aliphatic heterocycles. The quantitative estimate of drug-likeness (QED) is 0.802. The van der Waals surface area contributed by atoms with Gasteiger partial charge in [0.05, 0.1) is 17.2 Å². The van der Waals surface area contributed by atoms with Gasteiger partial charge in [-0.05, 0) is 18.6 Å². The van der Waals surface area contributed by atoms with E-state index in [0.717, 1.165) is 0 Å². The third kappa shape index (κ3) is 2.78. The lowest BCUT2D eigenvalue weighted by molar-refractivity contribution is 0.0690. The number of aromatic nitrogens is 1. The molecule has 0 amide bonds. The summed E-state index contributed by atoms with van der Waals surface area (Å²) < 4.78 is 22.9. The largest absolute Gasteiger partial charge is 0.477 e. The van der Waals surface area contributed by atoms with Crippen molar-refractivity contribution in [1.29, 1.82) is 0 Å². The first-order valence-electron chi connectivity index (χ1n) is 5.73. The Morgan fingerprint density at radius 2 is 2.21 bits per heavy atom. The highest BCUT2D eigenvalue weighted by atomic mass is 32.2. The first-order valence-corrected chi connectivity index (χ1v) is 7.55. The number of nitrogens with zero attached hydrogens (tertiary/aromatic N) is 2. The van der Waals surface area contributed by atoms with Gasteiger partial charge in [-0.25, -0.2) is 18.2 Å². The van der Waals surface area contributed by atoms with Crippen LogP contribution >= 0.6 is 0 Å². The predicted octanol–water partition coefficient (Wildman–Crippen LogP) is -0.0147. The van der Waals surface area contributed by atoms with Gasteiger partial charge in [-0.3, -0.25) is 0 Å². The van der Waals surface area contributed by atoms with E-state index in [2.05, 4.69) is 4.98 Å². The van der Waals surface area contributed by atoms with Gasteiger partial charge >= 0.3 is 5.97 Å². The van der Waals surface area contributed by atoms with E-state index in [9.17, 15) is 13.2 Å². The molecule has 1 saturated heterocycles. The number of carboxylic acid groups (broad SMARTS) is 1. The minimum Gasteiger partial charge on any atom is -0.477 e. The van der Waals surface area contributed by atoms with Crippen molar-refractivity contribution in [2.24, 2.45) is 0 Å². The van der Waals surface area contributed by atoms with Crippen molar-refractivity contribution in [3.05, 3.63) is 17.8 Å². The molecule has 0 aliphatic carbocycles. The highest BCUT2D eigenvalue weighted by molar-refractivity contribution is 7.91. The molecule has 2 heterocycles. The van der Waals surface area contributed by atoms with Crippen LogP contribution in [0.4, 0.5) is 11.5 Å². The number of carbonyl (C=O) groups is 1. The number of aromatic carboxylic acids is 1. The van der Waals surface area contributed by atoms with Crippen molar-refractivity contribution in [2.45, 2.75) is 12.5 Å². The highest BCUT2D eigenvalue weighted by Crippen LogP contribution is 2.26. The maximum atomic E-state index is 11.5. The van der Waals surface area contributed by atoms with Crippen molar-refractivity contribution >= 4 is 27.3 Å². The minimum absolute atomic E-state index is 0.0436. The van der Waals surface area contributed by atoms with Crippen molar-refractivity contribution in [1.82, 2.24) is 4.98 Å². The molecule has 0 aromatic carbocycles. The number of hydrogen-bond donors (Lipinski definition) is 2. The molecule has 1 aromatic rings. The third-order valence-corrected chi connectivity index (χ3v) is 4.96. The Hall–Kier alpha value is -1.83. The molecule has 2 rings (SSSR count). The zero-order valence-corrected chi connectivity index (χ0v) is 11.2. The van der Waals surface area contributed by atoms with Crippen molar-refractivity contribution in [3.8, 4) is 0 Å². The van der Waals surface area contributed by atoms with Crippen LogP contribution in [0.3, 0.4) is 0 Å². The molecule has 1 fully saturated rings. The molecule has 1 atom stereocenters. The lowest BCUT2D eigenvalue weighted by Gasteiger charge is -2.25. The summed E-state index contributed by atoms with van der Waals surface area (Å²) in [6, 6.07) is 2.57. The maximum Gasteiger partial charge on any atom is 0.354 e. The number of rotatable bonds is 3. The standard InChI is InChI=1S/C11H15N3O4S/c1-14(7-4-5-19(17,18)6-7)10-8(12)2-3-9(13-10)11(15)16/h2-3,7H,4-6,12H2,1H3,(H,15,16). The van der Waals surface area contributed by atoms with Crippen LogP contribution in [-0.2, 0) is 9.84 Å². The van der Waals surface area contributed by atoms with E-state index in [1.807, 2.05) is 0 Å². The fourth-order valence-electron chi connectivity index (χ4n) is 2.11. The van der Waals surface area contributed by atoms with Crippen molar-refractivity contribution < 1.29 is 18.3 Å². The normalized spacial score (nSPS) is 21.2. The number of nitrogens with two attached hydrogens (primary N) is 1. The lowest BCUT2D eigenvalue weighted by atomic mass is 10.2. The number of carboxylic acids is 1. The zero-order valence-electron chi connectivity index (χ0n) is 10.4. The van der Waals surface area contributed by atoms with Crippen molar-refractivity contribution in [2.75, 3.05) is 29.2 Å². The van der Waals surface area contributed by atoms with Gasteiger partial charge in [-0.2, -0.15) is 0 Å². The van der Waals surface area contributed by atoms with Crippen LogP contribution in [0.5, 0.6) is 0 Å². The van der Waals surface area contributed by atoms with E-state index in [-0.39, 0.29) is 23.2 Å². The maximum absolute atomic E-state index is 11.5. The van der Waals surface area contributed by atoms with Gasteiger partial charge < -0.3 is 15.7 Å². The molecule has 0 saturated carbocycles. The lowest BCUT2D eigenvalue weighted by Crippen LogP contribution is -2.34. The number of hydrogen-bond acceptors (Lipinski definition) is 6. The highest BCUT2D eigenvalue weighted by Gasteiger charge is 2.32. The average Bonchev–Trinajstić information content (AvgIpc) is 2.69. The number of nitrogen functional groups attached to an aromatic ring is 1. The summed E-state index contributed by atoms with van der Waals surface area (Å²) in [6.07, 6.45) is 0.497. The number of anilines is 2. The topological polar surface area (TPSA) is 114 Å². The number of sulfone groups is 1. The van der Waals surface area contributed by atoms with Crippen LogP contribution in [0.2, 0.25) is 0 Å². The second-order valence-corrected chi connectivity index (χ2v) is 6.81. The Bertz CT molecular complexity index is 614. The van der Waals surface area contributed by atoms with E-state index >= 15 is 0 Å². The minimum atomic E-state index is -3.01. The Labute approximate surface area is 111 Å². The van der Waals surface area contributed by atoms with E-state index in [1.54, 1.807) is 11.9 Å². The Morgan fingerprint density at radius 1 is 1.53 bits per heavy atom. The fourth-order valence-corrected chi connectivity index (χ4v) is 3.89. The van der Waals surface area contributed by atoms with E-state index in [4.69, 9.17) is 10.8 Å². The molecule has 7 nitrogen and oxygen atoms in total. The summed E-state index contributed by atoms with van der Waals surface area (Å²) in [7, 11) is -1.34. The van der Waals surface area contributed by atoms with E-state index in [1.165, 1.54) is 12.1 Å². The molecular weight excluding hydrogens is 270 g/mol. The molecule has 8 heteroatoms. The first kappa shape index (κ1) is 13.6. The molecule has 0 bridgehead atoms. The zero-order chi connectivity index (χ0) is 14.2. The van der Waals surface area contributed by atoms with Crippen molar-refractivity contribution in [3.63, 3.8) is 0 Å². The van der Waals surface area contributed by atoms with Gasteiger partial charge in [-0.15, -0.1) is 0 Å². The molecule has 1 unspecified atom stereocenters. The van der Waals surface area contributed by atoms with E-state index < -0.39 is 15.8 Å². The SMILES string of the molecule is CN(c1nc(C(=O)O)ccc1N)C1CCS(=O)(=O)C1. The summed E-state index contributed by atoms with van der Waals surface area (Å²) in [5, 5.41) is 8.91. The van der Waals surface area contributed by atoms with Gasteiger partial charge in [0.1, 0.15) is 0 Å². The van der Waals surface area contributed by atoms with E-state index in [0.29, 0.717) is 17.9 Å². The molecule has 0 radical (unpaired) electrons. The molecular formula is C11H15N3O4S. The average molecular weight is 285 g/mol. The smallest absolute Gasteiger partial charge is 0.354 e. The Morgan fingerprint density at radius 3 is 2.74 bits per heavy atom. The monoisotopic (exact) mass is 285 g/mol. The first-order chi connectivity index (χ1) is 8.80. The Kier molecular flexibility index (Phi) is 3.36. The summed E-state index contributed by atoms with van der Waals surface area (Å²) >= 11 is 0. The second kappa shape index (κ2) is 4.69. The summed E-state index contributed by atoms with van der Waals surface area (Å²) in [4.78, 5) is 16.5.